The smallest absolute Gasteiger partial charge is 0.223 e. The number of fused-ring (bicyclic) bond motifs is 1. The summed E-state index contributed by atoms with van der Waals surface area (Å²) >= 11 is 0. The maximum Gasteiger partial charge on any atom is 0.223 e. The summed E-state index contributed by atoms with van der Waals surface area (Å²) in [6.45, 7) is 0.409. The number of nitrogens with one attached hydrogen (secondary N) is 1. The van der Waals surface area contributed by atoms with Crippen LogP contribution in [-0.2, 0) is 14.6 Å². The number of rotatable bonds is 7. The van der Waals surface area contributed by atoms with Gasteiger partial charge in [-0.15, -0.1) is 12.3 Å². The van der Waals surface area contributed by atoms with Crippen LogP contribution in [0.5, 0.6) is 5.75 Å². The van der Waals surface area contributed by atoms with Crippen molar-refractivity contribution in [2.75, 3.05) is 12.3 Å². The van der Waals surface area contributed by atoms with Gasteiger partial charge in [0.05, 0.1) is 12.2 Å². The molecule has 1 aromatic carbocycles. The first kappa shape index (κ1) is 17.4. The molecule has 8 heteroatoms. The van der Waals surface area contributed by atoms with Crippen LogP contribution >= 0.6 is 0 Å². The molecular weight excluding hydrogens is 342 g/mol. The highest BCUT2D eigenvalue weighted by Crippen LogP contribution is 2.36. The van der Waals surface area contributed by atoms with Gasteiger partial charge < -0.3 is 10.1 Å². The Kier molecular flexibility index (Phi) is 4.77. The second kappa shape index (κ2) is 6.84. The molecular formula is C17H19N3O4S. The van der Waals surface area contributed by atoms with E-state index < -0.39 is 21.6 Å². The first-order valence-corrected chi connectivity index (χ1v) is 9.72. The first-order valence-electron chi connectivity index (χ1n) is 8.07. The SMILES string of the molecule is C#CCCC1(CCNC(=O)CC2CS(=O)(=O)c3ccccc3O2)N=N1. The number of para-hydroxylation sites is 1. The third-order valence-electron chi connectivity index (χ3n) is 4.20. The highest BCUT2D eigenvalue weighted by Gasteiger charge is 2.39. The molecule has 1 N–H and O–H groups in total. The maximum absolute atomic E-state index is 12.3. The zero-order valence-corrected chi connectivity index (χ0v) is 14.5. The molecule has 1 unspecified atom stereocenters. The molecule has 2 aliphatic rings. The van der Waals surface area contributed by atoms with Gasteiger partial charge in [-0.1, -0.05) is 12.1 Å². The Morgan fingerprint density at radius 1 is 1.36 bits per heavy atom. The summed E-state index contributed by atoms with van der Waals surface area (Å²) in [5.74, 6) is 2.40. The largest absolute Gasteiger partial charge is 0.487 e. The Morgan fingerprint density at radius 3 is 2.84 bits per heavy atom. The standard InChI is InChI=1S/C17H19N3O4S/c1-2-3-8-17(19-20-17)9-10-18-16(21)11-13-12-25(22,23)15-7-5-4-6-14(15)24-13/h1,4-7,13H,3,8-12H2,(H,18,21). The van der Waals surface area contributed by atoms with Crippen LogP contribution in [0.15, 0.2) is 39.4 Å². The van der Waals surface area contributed by atoms with Crippen LogP contribution in [0.3, 0.4) is 0 Å². The van der Waals surface area contributed by atoms with Gasteiger partial charge in [0, 0.05) is 25.8 Å². The van der Waals surface area contributed by atoms with E-state index >= 15 is 0 Å². The number of carbonyl (C=O) groups is 1. The van der Waals surface area contributed by atoms with Crippen molar-refractivity contribution in [2.24, 2.45) is 10.2 Å². The Hall–Kier alpha value is -2.40. The zero-order valence-electron chi connectivity index (χ0n) is 13.6. The fraction of sp³-hybridized carbons (Fsp3) is 0.471. The second-order valence-electron chi connectivity index (χ2n) is 6.16. The molecule has 2 heterocycles. The third-order valence-corrected chi connectivity index (χ3v) is 6.01. The van der Waals surface area contributed by atoms with Gasteiger partial charge in [0.15, 0.2) is 15.5 Å². The lowest BCUT2D eigenvalue weighted by atomic mass is 10.0. The number of carbonyl (C=O) groups excluding carboxylic acids is 1. The number of ether oxygens (including phenoxy) is 1. The fourth-order valence-corrected chi connectivity index (χ4v) is 4.37. The summed E-state index contributed by atoms with van der Waals surface area (Å²) in [5, 5.41) is 10.8. The predicted octanol–water partition coefficient (Wildman–Crippen LogP) is 1.69. The van der Waals surface area contributed by atoms with Crippen LogP contribution in [-0.4, -0.2) is 38.4 Å². The normalized spacial score (nSPS) is 21.5. The number of sulfone groups is 1. The van der Waals surface area contributed by atoms with E-state index in [9.17, 15) is 13.2 Å². The van der Waals surface area contributed by atoms with E-state index in [1.54, 1.807) is 18.2 Å². The lowest BCUT2D eigenvalue weighted by molar-refractivity contribution is -0.122. The minimum Gasteiger partial charge on any atom is -0.487 e. The summed E-state index contributed by atoms with van der Waals surface area (Å²) in [6.07, 6.45) is 6.39. The van der Waals surface area contributed by atoms with Crippen molar-refractivity contribution in [3.63, 3.8) is 0 Å². The summed E-state index contributed by atoms with van der Waals surface area (Å²) in [6, 6.07) is 6.47. The molecule has 0 fully saturated rings. The van der Waals surface area contributed by atoms with Crippen molar-refractivity contribution in [2.45, 2.75) is 42.3 Å². The number of terminal acetylenes is 1. The van der Waals surface area contributed by atoms with Crippen molar-refractivity contribution < 1.29 is 17.9 Å². The van der Waals surface area contributed by atoms with Gasteiger partial charge in [-0.3, -0.25) is 4.79 Å². The minimum atomic E-state index is -3.43. The molecule has 0 bridgehead atoms. The van der Waals surface area contributed by atoms with E-state index in [1.165, 1.54) is 6.07 Å². The van der Waals surface area contributed by atoms with Gasteiger partial charge in [0.2, 0.25) is 5.91 Å². The molecule has 132 valence electrons. The van der Waals surface area contributed by atoms with Gasteiger partial charge >= 0.3 is 0 Å². The van der Waals surface area contributed by atoms with Crippen molar-refractivity contribution in [1.82, 2.24) is 5.32 Å². The molecule has 0 aromatic heterocycles. The Morgan fingerprint density at radius 2 is 2.12 bits per heavy atom. The van der Waals surface area contributed by atoms with Gasteiger partial charge in [-0.25, -0.2) is 8.42 Å². The molecule has 0 saturated carbocycles. The molecule has 25 heavy (non-hydrogen) atoms. The molecule has 0 aliphatic carbocycles. The van der Waals surface area contributed by atoms with E-state index in [4.69, 9.17) is 11.2 Å². The number of nitrogens with zero attached hydrogens (tertiary/aromatic N) is 2. The minimum absolute atomic E-state index is 0.0147. The van der Waals surface area contributed by atoms with Crippen molar-refractivity contribution in [3.8, 4) is 18.1 Å². The molecule has 1 aromatic rings. The summed E-state index contributed by atoms with van der Waals surface area (Å²) in [7, 11) is -3.43. The van der Waals surface area contributed by atoms with E-state index in [2.05, 4.69) is 21.5 Å². The quantitative estimate of drug-likeness (QED) is 0.747. The van der Waals surface area contributed by atoms with E-state index in [-0.39, 0.29) is 23.0 Å². The number of amides is 1. The number of benzene rings is 1. The van der Waals surface area contributed by atoms with Gasteiger partial charge in [0.25, 0.3) is 0 Å². The van der Waals surface area contributed by atoms with Gasteiger partial charge in [0.1, 0.15) is 16.7 Å². The molecule has 1 amide bonds. The Bertz CT molecular complexity index is 836. The predicted molar refractivity (Wildman–Crippen MR) is 90.8 cm³/mol. The zero-order chi connectivity index (χ0) is 17.9. The first-order chi connectivity index (χ1) is 11.9. The van der Waals surface area contributed by atoms with Crippen LogP contribution in [0, 0.1) is 12.3 Å². The third kappa shape index (κ3) is 4.17. The number of hydrogen-bond acceptors (Lipinski definition) is 6. The Balaban J connectivity index is 1.49. The van der Waals surface area contributed by atoms with Crippen molar-refractivity contribution >= 4 is 15.7 Å². The van der Waals surface area contributed by atoms with E-state index in [0.29, 0.717) is 31.6 Å². The van der Waals surface area contributed by atoms with Crippen LogP contribution in [0.2, 0.25) is 0 Å². The molecule has 3 rings (SSSR count). The van der Waals surface area contributed by atoms with Gasteiger partial charge in [-0.2, -0.15) is 10.2 Å². The molecule has 2 aliphatic heterocycles. The average Bonchev–Trinajstić information content (AvgIpc) is 3.32. The highest BCUT2D eigenvalue weighted by molar-refractivity contribution is 7.91. The topological polar surface area (TPSA) is 97.2 Å². The van der Waals surface area contributed by atoms with Crippen molar-refractivity contribution in [1.29, 1.82) is 0 Å². The van der Waals surface area contributed by atoms with Crippen LogP contribution in [0.1, 0.15) is 25.7 Å². The van der Waals surface area contributed by atoms with E-state index in [1.807, 2.05) is 0 Å². The number of hydrogen-bond donors (Lipinski definition) is 1. The monoisotopic (exact) mass is 361 g/mol. The van der Waals surface area contributed by atoms with Crippen LogP contribution in [0.4, 0.5) is 0 Å². The second-order valence-corrected chi connectivity index (χ2v) is 8.16. The molecule has 0 spiro atoms. The highest BCUT2D eigenvalue weighted by atomic mass is 32.2. The lowest BCUT2D eigenvalue weighted by Gasteiger charge is -2.25. The maximum atomic E-state index is 12.3. The molecule has 1 atom stereocenters. The summed E-state index contributed by atoms with van der Waals surface area (Å²) in [4.78, 5) is 12.3. The summed E-state index contributed by atoms with van der Waals surface area (Å²) < 4.78 is 30.2. The average molecular weight is 361 g/mol. The summed E-state index contributed by atoms with van der Waals surface area (Å²) in [5.41, 5.74) is -0.441. The lowest BCUT2D eigenvalue weighted by Crippen LogP contribution is -2.38. The van der Waals surface area contributed by atoms with Crippen LogP contribution in [0.25, 0.3) is 0 Å². The van der Waals surface area contributed by atoms with Crippen LogP contribution < -0.4 is 10.1 Å². The fourth-order valence-electron chi connectivity index (χ4n) is 2.80. The molecule has 0 radical (unpaired) electrons. The van der Waals surface area contributed by atoms with E-state index in [0.717, 1.165) is 0 Å². The Labute approximate surface area is 146 Å². The van der Waals surface area contributed by atoms with Gasteiger partial charge in [-0.05, 0) is 12.1 Å². The molecule has 0 saturated heterocycles. The van der Waals surface area contributed by atoms with Crippen molar-refractivity contribution in [3.05, 3.63) is 24.3 Å². The molecule has 7 nitrogen and oxygen atoms in total.